The lowest BCUT2D eigenvalue weighted by molar-refractivity contribution is 0.0773. The molecular formula is C24H33N3O2. The average Bonchev–Trinajstić information content (AvgIpc) is 3.04. The van der Waals surface area contributed by atoms with E-state index in [4.69, 9.17) is 0 Å². The third-order valence-corrected chi connectivity index (χ3v) is 6.11. The molecule has 5 heteroatoms. The number of amides is 2. The SMILES string of the molecule is CCN(CC)C(=O)c1ccc(NC(=O)c2cc(C)n(C3CCCCC3)c2C)cc1. The Kier molecular flexibility index (Phi) is 6.78. The van der Waals surface area contributed by atoms with Gasteiger partial charge in [-0.1, -0.05) is 19.3 Å². The molecule has 156 valence electrons. The van der Waals surface area contributed by atoms with Gasteiger partial charge in [0.05, 0.1) is 5.56 Å². The highest BCUT2D eigenvalue weighted by Gasteiger charge is 2.22. The first-order valence-electron chi connectivity index (χ1n) is 10.8. The van der Waals surface area contributed by atoms with Crippen molar-refractivity contribution in [1.29, 1.82) is 0 Å². The molecule has 1 saturated carbocycles. The summed E-state index contributed by atoms with van der Waals surface area (Å²) in [6.45, 7) is 9.45. The summed E-state index contributed by atoms with van der Waals surface area (Å²) in [6.07, 6.45) is 6.23. The van der Waals surface area contributed by atoms with Crippen LogP contribution in [0.2, 0.25) is 0 Å². The number of benzene rings is 1. The van der Waals surface area contributed by atoms with Gasteiger partial charge in [0.2, 0.25) is 0 Å². The second-order valence-electron chi connectivity index (χ2n) is 7.96. The zero-order valence-electron chi connectivity index (χ0n) is 18.1. The molecule has 0 unspecified atom stereocenters. The van der Waals surface area contributed by atoms with Gasteiger partial charge in [-0.2, -0.15) is 0 Å². The summed E-state index contributed by atoms with van der Waals surface area (Å²) in [7, 11) is 0. The Bertz CT molecular complexity index is 857. The number of hydrogen-bond donors (Lipinski definition) is 1. The maximum absolute atomic E-state index is 12.9. The number of hydrogen-bond acceptors (Lipinski definition) is 2. The van der Waals surface area contributed by atoms with E-state index in [1.165, 1.54) is 32.1 Å². The normalized spacial score (nSPS) is 14.6. The molecule has 5 nitrogen and oxygen atoms in total. The minimum absolute atomic E-state index is 0.0175. The van der Waals surface area contributed by atoms with Crippen LogP contribution in [-0.4, -0.2) is 34.4 Å². The van der Waals surface area contributed by atoms with Crippen molar-refractivity contribution in [3.8, 4) is 0 Å². The van der Waals surface area contributed by atoms with Crippen molar-refractivity contribution in [2.45, 2.75) is 65.8 Å². The lowest BCUT2D eigenvalue weighted by Crippen LogP contribution is -2.30. The lowest BCUT2D eigenvalue weighted by atomic mass is 9.95. The van der Waals surface area contributed by atoms with Crippen molar-refractivity contribution >= 4 is 17.5 Å². The maximum Gasteiger partial charge on any atom is 0.257 e. The molecule has 2 aromatic rings. The van der Waals surface area contributed by atoms with Crippen LogP contribution in [-0.2, 0) is 0 Å². The molecule has 0 atom stereocenters. The van der Waals surface area contributed by atoms with Crippen LogP contribution in [0.1, 0.15) is 84.1 Å². The van der Waals surface area contributed by atoms with Crippen molar-refractivity contribution in [3.05, 3.63) is 52.8 Å². The molecule has 3 rings (SSSR count). The molecule has 0 bridgehead atoms. The number of anilines is 1. The number of nitrogens with one attached hydrogen (secondary N) is 1. The van der Waals surface area contributed by atoms with E-state index in [9.17, 15) is 9.59 Å². The fourth-order valence-electron chi connectivity index (χ4n) is 4.50. The minimum Gasteiger partial charge on any atom is -0.345 e. The predicted octanol–water partition coefficient (Wildman–Crippen LogP) is 5.34. The zero-order valence-corrected chi connectivity index (χ0v) is 18.1. The summed E-state index contributed by atoms with van der Waals surface area (Å²) in [5.74, 6) is -0.0770. The summed E-state index contributed by atoms with van der Waals surface area (Å²) in [5, 5.41) is 2.99. The average molecular weight is 396 g/mol. The van der Waals surface area contributed by atoms with Crippen molar-refractivity contribution in [2.24, 2.45) is 0 Å². The molecule has 0 radical (unpaired) electrons. The number of nitrogens with zero attached hydrogens (tertiary/aromatic N) is 2. The molecule has 1 N–H and O–H groups in total. The van der Waals surface area contributed by atoms with Gasteiger partial charge in [0.25, 0.3) is 11.8 Å². The van der Waals surface area contributed by atoms with Crippen LogP contribution in [0.4, 0.5) is 5.69 Å². The lowest BCUT2D eigenvalue weighted by Gasteiger charge is -2.26. The van der Waals surface area contributed by atoms with E-state index in [-0.39, 0.29) is 11.8 Å². The molecule has 1 fully saturated rings. The van der Waals surface area contributed by atoms with Gasteiger partial charge >= 0.3 is 0 Å². The largest absolute Gasteiger partial charge is 0.345 e. The van der Waals surface area contributed by atoms with E-state index in [1.54, 1.807) is 29.2 Å². The van der Waals surface area contributed by atoms with E-state index in [1.807, 2.05) is 26.8 Å². The smallest absolute Gasteiger partial charge is 0.257 e. The van der Waals surface area contributed by atoms with Crippen LogP contribution < -0.4 is 5.32 Å². The molecule has 2 amide bonds. The molecule has 1 aliphatic rings. The second kappa shape index (κ2) is 9.29. The number of carbonyl (C=O) groups is 2. The molecule has 0 saturated heterocycles. The topological polar surface area (TPSA) is 54.3 Å². The van der Waals surface area contributed by atoms with E-state index in [0.29, 0.717) is 30.4 Å². The Morgan fingerprint density at radius 1 is 1.03 bits per heavy atom. The molecule has 1 aliphatic carbocycles. The van der Waals surface area contributed by atoms with E-state index >= 15 is 0 Å². The van der Waals surface area contributed by atoms with Crippen molar-refractivity contribution in [2.75, 3.05) is 18.4 Å². The molecule has 1 heterocycles. The monoisotopic (exact) mass is 395 g/mol. The summed E-state index contributed by atoms with van der Waals surface area (Å²) in [5.41, 5.74) is 4.27. The van der Waals surface area contributed by atoms with Crippen LogP contribution >= 0.6 is 0 Å². The molecule has 1 aromatic heterocycles. The number of aromatic nitrogens is 1. The Balaban J connectivity index is 1.73. The van der Waals surface area contributed by atoms with Crippen LogP contribution in [0.3, 0.4) is 0 Å². The van der Waals surface area contributed by atoms with Gasteiger partial charge in [0.15, 0.2) is 0 Å². The van der Waals surface area contributed by atoms with Crippen LogP contribution in [0.5, 0.6) is 0 Å². The summed E-state index contributed by atoms with van der Waals surface area (Å²) in [4.78, 5) is 27.1. The van der Waals surface area contributed by atoms with Crippen molar-refractivity contribution in [3.63, 3.8) is 0 Å². The van der Waals surface area contributed by atoms with Crippen LogP contribution in [0.15, 0.2) is 30.3 Å². The molecule has 0 aliphatic heterocycles. The van der Waals surface area contributed by atoms with E-state index < -0.39 is 0 Å². The second-order valence-corrected chi connectivity index (χ2v) is 7.96. The summed E-state index contributed by atoms with van der Waals surface area (Å²) in [6, 6.07) is 9.67. The fraction of sp³-hybridized carbons (Fsp3) is 0.500. The van der Waals surface area contributed by atoms with Gasteiger partial charge in [0, 0.05) is 41.8 Å². The molecule has 29 heavy (non-hydrogen) atoms. The first-order chi connectivity index (χ1) is 14.0. The predicted molar refractivity (Wildman–Crippen MR) is 118 cm³/mol. The molecular weight excluding hydrogens is 362 g/mol. The van der Waals surface area contributed by atoms with Crippen LogP contribution in [0.25, 0.3) is 0 Å². The minimum atomic E-state index is -0.0945. The van der Waals surface area contributed by atoms with E-state index in [0.717, 1.165) is 17.0 Å². The van der Waals surface area contributed by atoms with Crippen molar-refractivity contribution in [1.82, 2.24) is 9.47 Å². The summed E-state index contributed by atoms with van der Waals surface area (Å²) < 4.78 is 2.35. The number of aryl methyl sites for hydroxylation is 1. The summed E-state index contributed by atoms with van der Waals surface area (Å²) >= 11 is 0. The third-order valence-electron chi connectivity index (χ3n) is 6.11. The Labute approximate surface area is 174 Å². The maximum atomic E-state index is 12.9. The van der Waals surface area contributed by atoms with Gasteiger partial charge in [-0.05, 0) is 70.9 Å². The number of rotatable bonds is 6. The zero-order chi connectivity index (χ0) is 21.0. The van der Waals surface area contributed by atoms with Gasteiger partial charge in [-0.25, -0.2) is 0 Å². The highest BCUT2D eigenvalue weighted by molar-refractivity contribution is 6.05. The quantitative estimate of drug-likeness (QED) is 0.717. The van der Waals surface area contributed by atoms with Gasteiger partial charge in [0.1, 0.15) is 0 Å². The third kappa shape index (κ3) is 4.55. The fourth-order valence-corrected chi connectivity index (χ4v) is 4.50. The standard InChI is InChI=1S/C24H33N3O2/c1-5-26(6-2)24(29)19-12-14-20(15-13-19)25-23(28)22-16-17(3)27(18(22)4)21-10-8-7-9-11-21/h12-16,21H,5-11H2,1-4H3,(H,25,28). The van der Waals surface area contributed by atoms with E-state index in [2.05, 4.69) is 16.8 Å². The Morgan fingerprint density at radius 3 is 2.24 bits per heavy atom. The highest BCUT2D eigenvalue weighted by Crippen LogP contribution is 2.32. The van der Waals surface area contributed by atoms with Crippen molar-refractivity contribution < 1.29 is 9.59 Å². The number of carbonyl (C=O) groups excluding carboxylic acids is 2. The Morgan fingerprint density at radius 2 is 1.66 bits per heavy atom. The first kappa shape index (κ1) is 21.2. The highest BCUT2D eigenvalue weighted by atomic mass is 16.2. The molecule has 0 spiro atoms. The van der Waals surface area contributed by atoms with Gasteiger partial charge < -0.3 is 14.8 Å². The van der Waals surface area contributed by atoms with Crippen LogP contribution in [0, 0.1) is 13.8 Å². The first-order valence-corrected chi connectivity index (χ1v) is 10.8. The van der Waals surface area contributed by atoms with Gasteiger partial charge in [-0.3, -0.25) is 9.59 Å². The molecule has 1 aromatic carbocycles. The van der Waals surface area contributed by atoms with Gasteiger partial charge in [-0.15, -0.1) is 0 Å². The Hall–Kier alpha value is -2.56.